The van der Waals surface area contributed by atoms with E-state index in [1.165, 1.54) is 44.5 Å². The molecule has 292 valence electrons. The van der Waals surface area contributed by atoms with E-state index in [-0.39, 0.29) is 0 Å². The Hall–Kier alpha value is -8.48. The van der Waals surface area contributed by atoms with E-state index in [4.69, 9.17) is 28.8 Å². The minimum absolute atomic E-state index is 0.493. The lowest BCUT2D eigenvalue weighted by Crippen LogP contribution is -2.25. The zero-order chi connectivity index (χ0) is 41.2. The number of fused-ring (bicyclic) bond motifs is 17. The summed E-state index contributed by atoms with van der Waals surface area (Å²) in [5.74, 6) is 2.32. The number of benzene rings is 9. The van der Waals surface area contributed by atoms with Gasteiger partial charge in [-0.1, -0.05) is 158 Å². The van der Waals surface area contributed by atoms with Crippen molar-refractivity contribution in [3.05, 3.63) is 216 Å². The lowest BCUT2D eigenvalue weighted by molar-refractivity contribution is 0.619. The third-order valence-electron chi connectivity index (χ3n) is 13.2. The molecule has 1 spiro atoms. The van der Waals surface area contributed by atoms with Crippen LogP contribution in [0.3, 0.4) is 0 Å². The summed E-state index contributed by atoms with van der Waals surface area (Å²) in [5, 5.41) is 3.90. The lowest BCUT2D eigenvalue weighted by Gasteiger charge is -2.30. The summed E-state index contributed by atoms with van der Waals surface area (Å²) in [4.78, 5) is 20.9. The Morgan fingerprint density at radius 2 is 0.857 bits per heavy atom. The number of rotatable bonds is 4. The lowest BCUT2D eigenvalue weighted by atomic mass is 9.70. The third-order valence-corrected chi connectivity index (χ3v) is 13.2. The molecule has 0 atom stereocenters. The molecule has 0 N–H and O–H groups in total. The Labute approximate surface area is 360 Å². The number of furan rings is 1. The topological polar surface area (TPSA) is 77.8 Å². The van der Waals surface area contributed by atoms with Crippen molar-refractivity contribution >= 4 is 43.8 Å². The summed E-state index contributed by atoms with van der Waals surface area (Å²) in [6.07, 6.45) is 0. The summed E-state index contributed by atoms with van der Waals surface area (Å²) in [7, 11) is 0. The van der Waals surface area contributed by atoms with E-state index >= 15 is 0 Å². The van der Waals surface area contributed by atoms with Gasteiger partial charge in [0.25, 0.3) is 0 Å². The molecule has 9 aromatic carbocycles. The second-order valence-corrected chi connectivity index (χ2v) is 16.4. The van der Waals surface area contributed by atoms with Gasteiger partial charge >= 0.3 is 0 Å². The summed E-state index contributed by atoms with van der Waals surface area (Å²) in [6, 6.07) is 67.9. The number of hydrogen-bond acceptors (Lipinski definition) is 6. The SMILES string of the molecule is c1ccc(-c2nc(-c3ccc4c(c3)C3(c5ccccc5-c5ccccc53)c3ccccc3-4)nc(-c3cc4oc5ccc6oc(-c7ccccc7)nc6c5c4c4ccccc34)n2)cc1. The molecular weight excluding hydrogens is 773 g/mol. The van der Waals surface area contributed by atoms with Crippen LogP contribution in [0.15, 0.2) is 203 Å². The molecule has 12 aromatic rings. The summed E-state index contributed by atoms with van der Waals surface area (Å²) < 4.78 is 13.0. The highest BCUT2D eigenvalue weighted by Gasteiger charge is 2.51. The van der Waals surface area contributed by atoms with E-state index in [2.05, 4.69) is 133 Å². The maximum Gasteiger partial charge on any atom is 0.227 e. The minimum atomic E-state index is -0.493. The molecule has 2 aliphatic carbocycles. The van der Waals surface area contributed by atoms with Crippen LogP contribution in [0.4, 0.5) is 0 Å². The zero-order valence-electron chi connectivity index (χ0n) is 33.6. The zero-order valence-corrected chi connectivity index (χ0v) is 33.6. The Morgan fingerprint density at radius 1 is 0.317 bits per heavy atom. The van der Waals surface area contributed by atoms with E-state index < -0.39 is 5.41 Å². The minimum Gasteiger partial charge on any atom is -0.456 e. The fourth-order valence-corrected chi connectivity index (χ4v) is 10.6. The standard InChI is InChI=1S/C57H32N4O2/c1-3-15-33(16-4-1)53-59-54(35-27-28-40-39-22-11-14-26-45(39)57(46(40)31-35)43-24-12-9-20-37(43)38-21-10-13-25-44(38)57)61-55(60-53)42-32-49-50(41-23-8-7-19-36(41)42)51-47(62-49)29-30-48-52(51)58-56(63-48)34-17-5-2-6-18-34/h1-32H. The first kappa shape index (κ1) is 34.3. The molecule has 3 aromatic heterocycles. The van der Waals surface area contributed by atoms with Gasteiger partial charge in [-0.05, 0) is 91.7 Å². The van der Waals surface area contributed by atoms with Gasteiger partial charge in [0.15, 0.2) is 23.1 Å². The molecule has 63 heavy (non-hydrogen) atoms. The molecule has 0 bridgehead atoms. The van der Waals surface area contributed by atoms with Crippen LogP contribution < -0.4 is 0 Å². The van der Waals surface area contributed by atoms with Crippen LogP contribution in [0, 0.1) is 0 Å². The molecule has 3 heterocycles. The molecule has 2 aliphatic rings. The van der Waals surface area contributed by atoms with Crippen molar-refractivity contribution in [2.75, 3.05) is 0 Å². The second-order valence-electron chi connectivity index (χ2n) is 16.4. The van der Waals surface area contributed by atoms with Crippen LogP contribution in [0.5, 0.6) is 0 Å². The van der Waals surface area contributed by atoms with Gasteiger partial charge in [0.1, 0.15) is 16.7 Å². The maximum absolute atomic E-state index is 6.71. The van der Waals surface area contributed by atoms with Crippen LogP contribution in [-0.2, 0) is 5.41 Å². The quantitative estimate of drug-likeness (QED) is 0.176. The first-order valence-electron chi connectivity index (χ1n) is 21.2. The molecule has 0 aliphatic heterocycles. The fraction of sp³-hybridized carbons (Fsp3) is 0.0175. The van der Waals surface area contributed by atoms with Crippen LogP contribution in [-0.4, -0.2) is 19.9 Å². The molecule has 14 rings (SSSR count). The Kier molecular flexibility index (Phi) is 6.94. The average molecular weight is 805 g/mol. The Balaban J connectivity index is 1.01. The molecular formula is C57H32N4O2. The molecule has 0 saturated heterocycles. The van der Waals surface area contributed by atoms with Gasteiger partial charge in [0.05, 0.1) is 10.8 Å². The molecule has 0 fully saturated rings. The van der Waals surface area contributed by atoms with Crippen LogP contribution in [0.2, 0.25) is 0 Å². The van der Waals surface area contributed by atoms with Gasteiger partial charge in [-0.2, -0.15) is 0 Å². The van der Waals surface area contributed by atoms with E-state index in [0.29, 0.717) is 28.9 Å². The maximum atomic E-state index is 6.71. The van der Waals surface area contributed by atoms with E-state index in [9.17, 15) is 0 Å². The molecule has 0 radical (unpaired) electrons. The van der Waals surface area contributed by atoms with Crippen molar-refractivity contribution in [2.24, 2.45) is 0 Å². The van der Waals surface area contributed by atoms with Crippen molar-refractivity contribution in [2.45, 2.75) is 5.41 Å². The van der Waals surface area contributed by atoms with Crippen LogP contribution in [0.1, 0.15) is 22.3 Å². The highest BCUT2D eigenvalue weighted by atomic mass is 16.4. The van der Waals surface area contributed by atoms with Gasteiger partial charge < -0.3 is 8.83 Å². The Morgan fingerprint density at radius 3 is 1.54 bits per heavy atom. The molecule has 0 amide bonds. The van der Waals surface area contributed by atoms with E-state index in [0.717, 1.165) is 60.5 Å². The van der Waals surface area contributed by atoms with Crippen molar-refractivity contribution < 1.29 is 8.83 Å². The average Bonchev–Trinajstić information content (AvgIpc) is 4.11. The van der Waals surface area contributed by atoms with Gasteiger partial charge in [0.2, 0.25) is 5.89 Å². The smallest absolute Gasteiger partial charge is 0.227 e. The van der Waals surface area contributed by atoms with Crippen LogP contribution in [0.25, 0.3) is 112 Å². The summed E-state index contributed by atoms with van der Waals surface area (Å²) >= 11 is 0. The third kappa shape index (κ3) is 4.72. The monoisotopic (exact) mass is 804 g/mol. The van der Waals surface area contributed by atoms with Gasteiger partial charge in [-0.3, -0.25) is 0 Å². The molecule has 6 nitrogen and oxygen atoms in total. The normalized spacial score (nSPS) is 13.2. The first-order valence-corrected chi connectivity index (χ1v) is 21.2. The number of oxazole rings is 1. The first-order chi connectivity index (χ1) is 31.2. The number of hydrogen-bond donors (Lipinski definition) is 0. The molecule has 0 unspecified atom stereocenters. The van der Waals surface area contributed by atoms with Crippen molar-refractivity contribution in [1.29, 1.82) is 0 Å². The number of aromatic nitrogens is 4. The largest absolute Gasteiger partial charge is 0.456 e. The highest BCUT2D eigenvalue weighted by molar-refractivity contribution is 6.27. The highest BCUT2D eigenvalue weighted by Crippen LogP contribution is 2.63. The predicted molar refractivity (Wildman–Crippen MR) is 250 cm³/mol. The second kappa shape index (κ2) is 12.8. The number of nitrogens with zero attached hydrogens (tertiary/aromatic N) is 4. The predicted octanol–water partition coefficient (Wildman–Crippen LogP) is 14.1. The molecule has 6 heteroatoms. The molecule has 0 saturated carbocycles. The van der Waals surface area contributed by atoms with E-state index in [1.54, 1.807) is 0 Å². The fourth-order valence-electron chi connectivity index (χ4n) is 10.6. The Bertz CT molecular complexity index is 3800. The van der Waals surface area contributed by atoms with E-state index in [1.807, 2.05) is 60.7 Å². The van der Waals surface area contributed by atoms with Gasteiger partial charge in [0, 0.05) is 27.6 Å². The van der Waals surface area contributed by atoms with Gasteiger partial charge in [-0.15, -0.1) is 0 Å². The summed E-state index contributed by atoms with van der Waals surface area (Å²) in [5.41, 5.74) is 16.1. The van der Waals surface area contributed by atoms with Crippen LogP contribution >= 0.6 is 0 Å². The van der Waals surface area contributed by atoms with Crippen molar-refractivity contribution in [3.8, 4) is 67.9 Å². The summed E-state index contributed by atoms with van der Waals surface area (Å²) in [6.45, 7) is 0. The van der Waals surface area contributed by atoms with Gasteiger partial charge in [-0.25, -0.2) is 19.9 Å². The van der Waals surface area contributed by atoms with Crippen molar-refractivity contribution in [3.63, 3.8) is 0 Å². The van der Waals surface area contributed by atoms with Crippen molar-refractivity contribution in [1.82, 2.24) is 19.9 Å².